The molecule has 1 atom stereocenters. The highest BCUT2D eigenvalue weighted by molar-refractivity contribution is 6.30. The first-order valence-corrected chi connectivity index (χ1v) is 6.36. The van der Waals surface area contributed by atoms with Crippen LogP contribution in [0.1, 0.15) is 18.4 Å². The number of hydrogen-bond acceptors (Lipinski definition) is 2. The molecule has 1 aromatic carbocycles. The van der Waals surface area contributed by atoms with Crippen molar-refractivity contribution in [3.05, 3.63) is 34.9 Å². The zero-order valence-corrected chi connectivity index (χ0v) is 10.3. The molecule has 0 spiro atoms. The van der Waals surface area contributed by atoms with Crippen LogP contribution in [-0.2, 0) is 6.42 Å². The van der Waals surface area contributed by atoms with Crippen molar-refractivity contribution < 1.29 is 0 Å². The van der Waals surface area contributed by atoms with Gasteiger partial charge in [-0.2, -0.15) is 0 Å². The molecule has 2 nitrogen and oxygen atoms in total. The van der Waals surface area contributed by atoms with Crippen LogP contribution in [0.15, 0.2) is 24.3 Å². The lowest BCUT2D eigenvalue weighted by atomic mass is 10.1. The molecule has 2 rings (SSSR count). The Kier molecular flexibility index (Phi) is 4.22. The molecule has 3 heteroatoms. The van der Waals surface area contributed by atoms with E-state index >= 15 is 0 Å². The Morgan fingerprint density at radius 3 is 2.69 bits per heavy atom. The minimum absolute atomic E-state index is 0.473. The predicted molar refractivity (Wildman–Crippen MR) is 68.8 cm³/mol. The fourth-order valence-corrected chi connectivity index (χ4v) is 2.62. The molecule has 1 aromatic rings. The zero-order valence-electron chi connectivity index (χ0n) is 9.53. The normalized spacial score (nSPS) is 18.9. The molecule has 16 heavy (non-hydrogen) atoms. The van der Waals surface area contributed by atoms with Crippen molar-refractivity contribution >= 4 is 11.6 Å². The van der Waals surface area contributed by atoms with Crippen LogP contribution in [0, 0.1) is 0 Å². The fourth-order valence-electron chi connectivity index (χ4n) is 2.40. The Labute approximate surface area is 102 Å². The minimum Gasteiger partial charge on any atom is -0.329 e. The van der Waals surface area contributed by atoms with E-state index in [9.17, 15) is 0 Å². The van der Waals surface area contributed by atoms with Crippen molar-refractivity contribution in [2.45, 2.75) is 25.3 Å². The molecule has 0 saturated carbocycles. The van der Waals surface area contributed by atoms with E-state index in [1.807, 2.05) is 18.2 Å². The van der Waals surface area contributed by atoms with E-state index in [1.54, 1.807) is 0 Å². The van der Waals surface area contributed by atoms with E-state index in [2.05, 4.69) is 11.0 Å². The van der Waals surface area contributed by atoms with E-state index in [1.165, 1.54) is 31.5 Å². The summed E-state index contributed by atoms with van der Waals surface area (Å²) in [5.74, 6) is 0. The van der Waals surface area contributed by atoms with Crippen molar-refractivity contribution in [1.29, 1.82) is 0 Å². The van der Waals surface area contributed by atoms with Gasteiger partial charge >= 0.3 is 0 Å². The summed E-state index contributed by atoms with van der Waals surface area (Å²) in [6, 6.07) is 8.57. The molecule has 1 heterocycles. The van der Waals surface area contributed by atoms with Crippen LogP contribution >= 0.6 is 11.6 Å². The molecule has 1 unspecified atom stereocenters. The first-order valence-electron chi connectivity index (χ1n) is 5.98. The largest absolute Gasteiger partial charge is 0.329 e. The fraction of sp³-hybridized carbons (Fsp3) is 0.538. The third kappa shape index (κ3) is 2.97. The van der Waals surface area contributed by atoms with Gasteiger partial charge in [-0.05, 0) is 50.0 Å². The van der Waals surface area contributed by atoms with Crippen LogP contribution in [0.5, 0.6) is 0 Å². The first kappa shape index (κ1) is 11.9. The van der Waals surface area contributed by atoms with E-state index < -0.39 is 0 Å². The van der Waals surface area contributed by atoms with Crippen LogP contribution in [-0.4, -0.2) is 30.6 Å². The monoisotopic (exact) mass is 238 g/mol. The number of hydrogen-bond donors (Lipinski definition) is 1. The second-order valence-corrected chi connectivity index (χ2v) is 4.90. The molecular formula is C13H19ClN2. The lowest BCUT2D eigenvalue weighted by Gasteiger charge is -2.26. The molecule has 1 aliphatic heterocycles. The van der Waals surface area contributed by atoms with E-state index in [0.29, 0.717) is 6.04 Å². The van der Waals surface area contributed by atoms with Gasteiger partial charge in [0, 0.05) is 17.6 Å². The zero-order chi connectivity index (χ0) is 11.4. The van der Waals surface area contributed by atoms with E-state index in [-0.39, 0.29) is 0 Å². The summed E-state index contributed by atoms with van der Waals surface area (Å²) in [4.78, 5) is 2.50. The molecule has 88 valence electrons. The van der Waals surface area contributed by atoms with E-state index in [0.717, 1.165) is 18.0 Å². The minimum atomic E-state index is 0.473. The highest BCUT2D eigenvalue weighted by Gasteiger charge is 2.20. The average Bonchev–Trinajstić information content (AvgIpc) is 2.79. The maximum atomic E-state index is 5.99. The van der Waals surface area contributed by atoms with Gasteiger partial charge in [0.1, 0.15) is 0 Å². The van der Waals surface area contributed by atoms with E-state index in [4.69, 9.17) is 17.3 Å². The van der Waals surface area contributed by atoms with Crippen molar-refractivity contribution in [2.24, 2.45) is 5.73 Å². The summed E-state index contributed by atoms with van der Waals surface area (Å²) in [6.45, 7) is 3.12. The molecule has 2 N–H and O–H groups in total. The third-order valence-corrected chi connectivity index (χ3v) is 3.52. The van der Waals surface area contributed by atoms with Crippen molar-refractivity contribution in [2.75, 3.05) is 19.6 Å². The molecule has 0 radical (unpaired) electrons. The lowest BCUT2D eigenvalue weighted by molar-refractivity contribution is 0.246. The Morgan fingerprint density at radius 2 is 2.06 bits per heavy atom. The molecule has 0 amide bonds. The van der Waals surface area contributed by atoms with Crippen molar-refractivity contribution in [3.63, 3.8) is 0 Å². The van der Waals surface area contributed by atoms with Crippen LogP contribution in [0.25, 0.3) is 0 Å². The van der Waals surface area contributed by atoms with Crippen LogP contribution in [0.4, 0.5) is 0 Å². The Hall–Kier alpha value is -0.570. The Bertz CT molecular complexity index is 334. The topological polar surface area (TPSA) is 29.3 Å². The molecule has 0 aromatic heterocycles. The molecule has 0 aliphatic carbocycles. The second-order valence-electron chi connectivity index (χ2n) is 4.47. The van der Waals surface area contributed by atoms with Crippen LogP contribution in [0.3, 0.4) is 0 Å². The summed E-state index contributed by atoms with van der Waals surface area (Å²) in [6.07, 6.45) is 3.63. The number of rotatable bonds is 4. The smallest absolute Gasteiger partial charge is 0.0408 e. The second kappa shape index (κ2) is 5.67. The standard InChI is InChI=1S/C13H19ClN2/c14-12-5-3-4-11(8-12)9-13(10-15)16-6-1-2-7-16/h3-5,8,13H,1-2,6-7,9-10,15H2. The highest BCUT2D eigenvalue weighted by Crippen LogP contribution is 2.17. The van der Waals surface area contributed by atoms with Gasteiger partial charge in [-0.1, -0.05) is 23.7 Å². The quantitative estimate of drug-likeness (QED) is 0.872. The maximum absolute atomic E-state index is 5.99. The Balaban J connectivity index is 2.00. The molecule has 1 fully saturated rings. The van der Waals surface area contributed by atoms with Gasteiger partial charge in [-0.25, -0.2) is 0 Å². The van der Waals surface area contributed by atoms with Crippen LogP contribution < -0.4 is 5.73 Å². The first-order chi connectivity index (χ1) is 7.79. The number of nitrogens with two attached hydrogens (primary N) is 1. The van der Waals surface area contributed by atoms with Gasteiger partial charge < -0.3 is 5.73 Å². The maximum Gasteiger partial charge on any atom is 0.0408 e. The average molecular weight is 239 g/mol. The highest BCUT2D eigenvalue weighted by atomic mass is 35.5. The number of nitrogens with zero attached hydrogens (tertiary/aromatic N) is 1. The molecular weight excluding hydrogens is 220 g/mol. The predicted octanol–water partition coefficient (Wildman–Crippen LogP) is 2.31. The molecule has 1 saturated heterocycles. The summed E-state index contributed by atoms with van der Waals surface area (Å²) in [7, 11) is 0. The number of benzene rings is 1. The van der Waals surface area contributed by atoms with Crippen molar-refractivity contribution in [3.8, 4) is 0 Å². The van der Waals surface area contributed by atoms with Crippen LogP contribution in [0.2, 0.25) is 5.02 Å². The number of halogens is 1. The number of likely N-dealkylation sites (tertiary alicyclic amines) is 1. The lowest BCUT2D eigenvalue weighted by Crippen LogP contribution is -2.40. The summed E-state index contributed by atoms with van der Waals surface area (Å²) in [5, 5.41) is 0.815. The summed E-state index contributed by atoms with van der Waals surface area (Å²) in [5.41, 5.74) is 7.15. The molecule has 0 bridgehead atoms. The van der Waals surface area contributed by atoms with Gasteiger partial charge in [-0.15, -0.1) is 0 Å². The molecule has 1 aliphatic rings. The third-order valence-electron chi connectivity index (χ3n) is 3.29. The van der Waals surface area contributed by atoms with Gasteiger partial charge in [0.15, 0.2) is 0 Å². The van der Waals surface area contributed by atoms with Gasteiger partial charge in [0.05, 0.1) is 0 Å². The van der Waals surface area contributed by atoms with Crippen molar-refractivity contribution in [1.82, 2.24) is 4.90 Å². The SMILES string of the molecule is NCC(Cc1cccc(Cl)c1)N1CCCC1. The summed E-state index contributed by atoms with van der Waals surface area (Å²) < 4.78 is 0. The summed E-state index contributed by atoms with van der Waals surface area (Å²) >= 11 is 5.99. The van der Waals surface area contributed by atoms with Gasteiger partial charge in [0.2, 0.25) is 0 Å². The van der Waals surface area contributed by atoms with Gasteiger partial charge in [0.25, 0.3) is 0 Å². The van der Waals surface area contributed by atoms with Gasteiger partial charge in [-0.3, -0.25) is 4.90 Å². The Morgan fingerprint density at radius 1 is 1.31 bits per heavy atom.